The Balaban J connectivity index is 1.48. The molecule has 0 spiro atoms. The number of ether oxygens (including phenoxy) is 3. The van der Waals surface area contributed by atoms with Crippen LogP contribution in [0.5, 0.6) is 11.5 Å². The smallest absolute Gasteiger partial charge is 0.338 e. The summed E-state index contributed by atoms with van der Waals surface area (Å²) in [4.78, 5) is 23.7. The number of amides is 1. The van der Waals surface area contributed by atoms with E-state index in [-0.39, 0.29) is 25.1 Å². The standard InChI is InChI=1S/C17H13NO5/c19-16(15-9-21-13-3-1-2-4-14(13)23-15)18-11-5-6-12-10(7-11)8-22-17(12)20/h1-7,15H,8-9H2,(H,18,19)/t15-/m1/s1. The first-order valence-corrected chi connectivity index (χ1v) is 7.20. The molecule has 0 bridgehead atoms. The van der Waals surface area contributed by atoms with E-state index in [0.29, 0.717) is 22.7 Å². The van der Waals surface area contributed by atoms with Crippen molar-refractivity contribution in [2.45, 2.75) is 12.7 Å². The van der Waals surface area contributed by atoms with Gasteiger partial charge in [0, 0.05) is 11.3 Å². The average Bonchev–Trinajstić information content (AvgIpc) is 2.95. The van der Waals surface area contributed by atoms with Crippen LogP contribution in [0.2, 0.25) is 0 Å². The predicted octanol–water partition coefficient (Wildman–Crippen LogP) is 2.14. The summed E-state index contributed by atoms with van der Waals surface area (Å²) in [7, 11) is 0. The zero-order chi connectivity index (χ0) is 15.8. The van der Waals surface area contributed by atoms with Crippen molar-refractivity contribution in [2.24, 2.45) is 0 Å². The maximum Gasteiger partial charge on any atom is 0.338 e. The molecule has 0 aliphatic carbocycles. The lowest BCUT2D eigenvalue weighted by Gasteiger charge is -2.25. The second-order valence-corrected chi connectivity index (χ2v) is 5.30. The Morgan fingerprint density at radius 2 is 1.91 bits per heavy atom. The first-order valence-electron chi connectivity index (χ1n) is 7.20. The Morgan fingerprint density at radius 3 is 2.78 bits per heavy atom. The molecule has 1 N–H and O–H groups in total. The molecule has 0 saturated carbocycles. The zero-order valence-electron chi connectivity index (χ0n) is 12.1. The van der Waals surface area contributed by atoms with Crippen LogP contribution in [0.4, 0.5) is 5.69 Å². The van der Waals surface area contributed by atoms with Crippen LogP contribution in [0.1, 0.15) is 15.9 Å². The van der Waals surface area contributed by atoms with Crippen LogP contribution in [-0.4, -0.2) is 24.6 Å². The van der Waals surface area contributed by atoms with Gasteiger partial charge in [-0.2, -0.15) is 0 Å². The highest BCUT2D eigenvalue weighted by atomic mass is 16.6. The van der Waals surface area contributed by atoms with Gasteiger partial charge in [0.2, 0.25) is 6.10 Å². The van der Waals surface area contributed by atoms with Crippen molar-refractivity contribution in [1.29, 1.82) is 0 Å². The van der Waals surface area contributed by atoms with Crippen LogP contribution in [0.3, 0.4) is 0 Å². The topological polar surface area (TPSA) is 73.9 Å². The van der Waals surface area contributed by atoms with E-state index in [4.69, 9.17) is 14.2 Å². The molecular formula is C17H13NO5. The molecule has 2 aliphatic rings. The van der Waals surface area contributed by atoms with Gasteiger partial charge in [0.25, 0.3) is 5.91 Å². The molecule has 2 heterocycles. The van der Waals surface area contributed by atoms with Crippen molar-refractivity contribution in [3.05, 3.63) is 53.6 Å². The molecule has 2 aromatic carbocycles. The van der Waals surface area contributed by atoms with Gasteiger partial charge < -0.3 is 19.5 Å². The molecule has 0 unspecified atom stereocenters. The van der Waals surface area contributed by atoms with Crippen molar-refractivity contribution in [3.8, 4) is 11.5 Å². The molecule has 2 aliphatic heterocycles. The predicted molar refractivity (Wildman–Crippen MR) is 80.5 cm³/mol. The highest BCUT2D eigenvalue weighted by Crippen LogP contribution is 2.31. The first-order chi connectivity index (χ1) is 11.2. The molecule has 0 radical (unpaired) electrons. The third kappa shape index (κ3) is 2.48. The number of hydrogen-bond acceptors (Lipinski definition) is 5. The van der Waals surface area contributed by atoms with E-state index >= 15 is 0 Å². The van der Waals surface area contributed by atoms with Gasteiger partial charge in [-0.15, -0.1) is 0 Å². The number of nitrogens with one attached hydrogen (secondary N) is 1. The van der Waals surface area contributed by atoms with E-state index in [1.54, 1.807) is 30.3 Å². The van der Waals surface area contributed by atoms with Gasteiger partial charge in [-0.05, 0) is 30.3 Å². The van der Waals surface area contributed by atoms with E-state index in [1.165, 1.54) is 0 Å². The number of para-hydroxylation sites is 2. The first kappa shape index (κ1) is 13.6. The summed E-state index contributed by atoms with van der Waals surface area (Å²) >= 11 is 0. The van der Waals surface area contributed by atoms with Crippen LogP contribution in [-0.2, 0) is 16.1 Å². The van der Waals surface area contributed by atoms with Crippen LogP contribution < -0.4 is 14.8 Å². The summed E-state index contributed by atoms with van der Waals surface area (Å²) < 4.78 is 16.1. The van der Waals surface area contributed by atoms with E-state index in [1.807, 2.05) is 12.1 Å². The normalized spacial score (nSPS) is 18.1. The quantitative estimate of drug-likeness (QED) is 0.860. The van der Waals surface area contributed by atoms with Gasteiger partial charge in [-0.1, -0.05) is 12.1 Å². The average molecular weight is 311 g/mol. The fourth-order valence-electron chi connectivity index (χ4n) is 2.58. The van der Waals surface area contributed by atoms with Crippen LogP contribution in [0, 0.1) is 0 Å². The van der Waals surface area contributed by atoms with Gasteiger partial charge in [0.05, 0.1) is 5.56 Å². The second-order valence-electron chi connectivity index (χ2n) is 5.30. The summed E-state index contributed by atoms with van der Waals surface area (Å²) in [5.41, 5.74) is 1.89. The maximum atomic E-state index is 12.3. The minimum atomic E-state index is -0.726. The SMILES string of the molecule is O=C1OCc2cc(NC(=O)[C@H]3COc4ccccc4O3)ccc21. The monoisotopic (exact) mass is 311 g/mol. The maximum absolute atomic E-state index is 12.3. The van der Waals surface area contributed by atoms with Crippen LogP contribution in [0.15, 0.2) is 42.5 Å². The summed E-state index contributed by atoms with van der Waals surface area (Å²) in [5, 5.41) is 2.78. The van der Waals surface area contributed by atoms with Crippen molar-refractivity contribution >= 4 is 17.6 Å². The van der Waals surface area contributed by atoms with Gasteiger partial charge in [0.1, 0.15) is 13.2 Å². The van der Waals surface area contributed by atoms with Crippen LogP contribution >= 0.6 is 0 Å². The molecule has 1 amide bonds. The number of anilines is 1. The van der Waals surface area contributed by atoms with Crippen molar-refractivity contribution < 1.29 is 23.8 Å². The largest absolute Gasteiger partial charge is 0.485 e. The number of cyclic esters (lactones) is 1. The Hall–Kier alpha value is -3.02. The Labute approximate surface area is 132 Å². The minimum absolute atomic E-state index is 0.148. The number of carbonyl (C=O) groups excluding carboxylic acids is 2. The summed E-state index contributed by atoms with van der Waals surface area (Å²) in [6.45, 7) is 0.379. The van der Waals surface area contributed by atoms with Crippen LogP contribution in [0.25, 0.3) is 0 Å². The lowest BCUT2D eigenvalue weighted by molar-refractivity contribution is -0.125. The summed E-state index contributed by atoms with van der Waals surface area (Å²) in [6.07, 6.45) is -0.726. The minimum Gasteiger partial charge on any atom is -0.485 e. The van der Waals surface area contributed by atoms with Gasteiger partial charge in [0.15, 0.2) is 11.5 Å². The fraction of sp³-hybridized carbons (Fsp3) is 0.176. The third-order valence-electron chi connectivity index (χ3n) is 3.75. The molecular weight excluding hydrogens is 298 g/mol. The van der Waals surface area contributed by atoms with Crippen molar-refractivity contribution in [2.75, 3.05) is 11.9 Å². The molecule has 116 valence electrons. The second kappa shape index (κ2) is 5.31. The molecule has 6 heteroatoms. The molecule has 1 atom stereocenters. The number of carbonyl (C=O) groups is 2. The molecule has 23 heavy (non-hydrogen) atoms. The molecule has 6 nitrogen and oxygen atoms in total. The Morgan fingerprint density at radius 1 is 1.09 bits per heavy atom. The third-order valence-corrected chi connectivity index (χ3v) is 3.75. The molecule has 0 saturated heterocycles. The zero-order valence-corrected chi connectivity index (χ0v) is 12.1. The highest BCUT2D eigenvalue weighted by Gasteiger charge is 2.28. The van der Waals surface area contributed by atoms with Gasteiger partial charge in [-0.3, -0.25) is 4.79 Å². The van der Waals surface area contributed by atoms with E-state index in [9.17, 15) is 9.59 Å². The lowest BCUT2D eigenvalue weighted by Crippen LogP contribution is -2.40. The van der Waals surface area contributed by atoms with E-state index in [2.05, 4.69) is 5.32 Å². The fourth-order valence-corrected chi connectivity index (χ4v) is 2.58. The molecule has 4 rings (SSSR count). The molecule has 2 aromatic rings. The molecule has 0 aromatic heterocycles. The Kier molecular flexibility index (Phi) is 3.15. The highest BCUT2D eigenvalue weighted by molar-refractivity contribution is 5.97. The number of rotatable bonds is 2. The van der Waals surface area contributed by atoms with Gasteiger partial charge in [-0.25, -0.2) is 4.79 Å². The Bertz CT molecular complexity index is 801. The number of fused-ring (bicyclic) bond motifs is 2. The number of hydrogen-bond donors (Lipinski definition) is 1. The molecule has 0 fully saturated rings. The van der Waals surface area contributed by atoms with E-state index in [0.717, 1.165) is 5.56 Å². The number of esters is 1. The van der Waals surface area contributed by atoms with E-state index < -0.39 is 6.10 Å². The summed E-state index contributed by atoms with van der Waals surface area (Å²) in [5.74, 6) is 0.541. The summed E-state index contributed by atoms with van der Waals surface area (Å²) in [6, 6.07) is 12.3. The lowest BCUT2D eigenvalue weighted by atomic mass is 10.1. The van der Waals surface area contributed by atoms with Crippen molar-refractivity contribution in [3.63, 3.8) is 0 Å². The van der Waals surface area contributed by atoms with Crippen molar-refractivity contribution in [1.82, 2.24) is 0 Å². The number of benzene rings is 2. The van der Waals surface area contributed by atoms with Gasteiger partial charge >= 0.3 is 5.97 Å².